The van der Waals surface area contributed by atoms with Gasteiger partial charge in [0, 0.05) is 17.0 Å². The Morgan fingerprint density at radius 2 is 1.86 bits per heavy atom. The van der Waals surface area contributed by atoms with E-state index in [1.54, 1.807) is 6.07 Å². The van der Waals surface area contributed by atoms with Crippen LogP contribution in [0.3, 0.4) is 0 Å². The van der Waals surface area contributed by atoms with Crippen molar-refractivity contribution in [3.05, 3.63) is 59.2 Å². The van der Waals surface area contributed by atoms with Crippen molar-refractivity contribution in [1.29, 1.82) is 0 Å². The Labute approximate surface area is 168 Å². The molecule has 1 amide bonds. The van der Waals surface area contributed by atoms with Gasteiger partial charge in [0.1, 0.15) is 16.9 Å². The second-order valence-corrected chi connectivity index (χ2v) is 8.46. The molecular formula is C22H23N3O2S. The molecule has 1 aliphatic rings. The van der Waals surface area contributed by atoms with Gasteiger partial charge in [0.15, 0.2) is 0 Å². The molecule has 0 saturated heterocycles. The first-order chi connectivity index (χ1) is 13.4. The van der Waals surface area contributed by atoms with Gasteiger partial charge in [-0.2, -0.15) is 0 Å². The Balaban J connectivity index is 1.53. The quantitative estimate of drug-likeness (QED) is 0.639. The van der Waals surface area contributed by atoms with Crippen molar-refractivity contribution in [2.75, 3.05) is 5.32 Å². The lowest BCUT2D eigenvalue weighted by Crippen LogP contribution is -2.14. The van der Waals surface area contributed by atoms with E-state index in [1.165, 1.54) is 16.9 Å². The van der Waals surface area contributed by atoms with E-state index in [2.05, 4.69) is 48.4 Å². The zero-order valence-corrected chi connectivity index (χ0v) is 17.2. The summed E-state index contributed by atoms with van der Waals surface area (Å²) in [5, 5.41) is 12.5. The van der Waals surface area contributed by atoms with Crippen LogP contribution in [0.1, 0.15) is 61.0 Å². The third-order valence-electron chi connectivity index (χ3n) is 5.26. The van der Waals surface area contributed by atoms with Crippen LogP contribution < -0.4 is 10.1 Å². The highest BCUT2D eigenvalue weighted by atomic mass is 32.1. The van der Waals surface area contributed by atoms with Gasteiger partial charge in [-0.1, -0.05) is 68.5 Å². The third kappa shape index (κ3) is 3.40. The van der Waals surface area contributed by atoms with Gasteiger partial charge in [0.05, 0.1) is 5.56 Å². The molecular weight excluding hydrogens is 370 g/mol. The molecule has 2 atom stereocenters. The van der Waals surface area contributed by atoms with Gasteiger partial charge >= 0.3 is 0 Å². The van der Waals surface area contributed by atoms with Gasteiger partial charge in [-0.3, -0.25) is 10.1 Å². The summed E-state index contributed by atoms with van der Waals surface area (Å²) in [6.07, 6.45) is 0.0610. The summed E-state index contributed by atoms with van der Waals surface area (Å²) >= 11 is 1.36. The van der Waals surface area contributed by atoms with E-state index < -0.39 is 0 Å². The zero-order valence-electron chi connectivity index (χ0n) is 16.4. The van der Waals surface area contributed by atoms with E-state index in [-0.39, 0.29) is 17.9 Å². The number of ether oxygens (including phenoxy) is 1. The van der Waals surface area contributed by atoms with Crippen molar-refractivity contribution in [1.82, 2.24) is 10.2 Å². The predicted octanol–water partition coefficient (Wildman–Crippen LogP) is 5.47. The maximum Gasteiger partial charge on any atom is 0.261 e. The average molecular weight is 394 g/mol. The minimum absolute atomic E-state index is 0.0610. The summed E-state index contributed by atoms with van der Waals surface area (Å²) in [5.74, 6) is 1.20. The summed E-state index contributed by atoms with van der Waals surface area (Å²) in [7, 11) is 0. The van der Waals surface area contributed by atoms with Crippen molar-refractivity contribution in [2.24, 2.45) is 0 Å². The van der Waals surface area contributed by atoms with Crippen molar-refractivity contribution in [3.8, 4) is 16.3 Å². The number of hydrogen-bond acceptors (Lipinski definition) is 5. The number of amides is 1. The fraction of sp³-hybridized carbons (Fsp3) is 0.318. The first kappa shape index (κ1) is 18.6. The van der Waals surface area contributed by atoms with Gasteiger partial charge < -0.3 is 4.74 Å². The van der Waals surface area contributed by atoms with Crippen molar-refractivity contribution in [2.45, 2.75) is 45.6 Å². The Morgan fingerprint density at radius 3 is 2.57 bits per heavy atom. The van der Waals surface area contributed by atoms with Crippen LogP contribution in [0.5, 0.6) is 5.75 Å². The monoisotopic (exact) mass is 393 g/mol. The fourth-order valence-electron chi connectivity index (χ4n) is 3.33. The number of hydrogen-bond donors (Lipinski definition) is 1. The van der Waals surface area contributed by atoms with E-state index >= 15 is 0 Å². The number of fused-ring (bicyclic) bond motifs is 1. The topological polar surface area (TPSA) is 64.1 Å². The number of carbonyl (C=O) groups is 1. The molecule has 0 bridgehead atoms. The molecule has 144 valence electrons. The van der Waals surface area contributed by atoms with Crippen LogP contribution in [0.25, 0.3) is 10.6 Å². The molecule has 0 spiro atoms. The highest BCUT2D eigenvalue weighted by molar-refractivity contribution is 7.18. The van der Waals surface area contributed by atoms with E-state index in [0.29, 0.717) is 22.4 Å². The van der Waals surface area contributed by atoms with Gasteiger partial charge in [-0.15, -0.1) is 10.2 Å². The van der Waals surface area contributed by atoms with Crippen molar-refractivity contribution < 1.29 is 9.53 Å². The van der Waals surface area contributed by atoms with Gasteiger partial charge in [0.2, 0.25) is 5.13 Å². The number of rotatable bonds is 4. The molecule has 0 aliphatic carbocycles. The molecule has 1 N–H and O–H groups in total. The first-order valence-electron chi connectivity index (χ1n) is 9.48. The van der Waals surface area contributed by atoms with E-state index in [1.807, 2.05) is 31.2 Å². The normalized spacial score (nSPS) is 18.0. The van der Waals surface area contributed by atoms with Crippen LogP contribution in [-0.2, 0) is 0 Å². The first-order valence-corrected chi connectivity index (χ1v) is 10.3. The Hall–Kier alpha value is -2.73. The zero-order chi connectivity index (χ0) is 19.8. The fourth-order valence-corrected chi connectivity index (χ4v) is 4.07. The smallest absolute Gasteiger partial charge is 0.261 e. The number of nitrogens with one attached hydrogen (secondary N) is 1. The van der Waals surface area contributed by atoms with Crippen LogP contribution in [-0.4, -0.2) is 22.2 Å². The number of nitrogens with zero attached hydrogens (tertiary/aromatic N) is 2. The molecule has 0 fully saturated rings. The lowest BCUT2D eigenvalue weighted by atomic mass is 9.97. The Bertz CT molecular complexity index is 1010. The van der Waals surface area contributed by atoms with Gasteiger partial charge in [-0.05, 0) is 24.5 Å². The number of benzene rings is 2. The van der Waals surface area contributed by atoms with E-state index in [9.17, 15) is 4.79 Å². The van der Waals surface area contributed by atoms with Gasteiger partial charge in [0.25, 0.3) is 5.91 Å². The second kappa shape index (κ2) is 7.36. The van der Waals surface area contributed by atoms with Crippen LogP contribution in [0.2, 0.25) is 0 Å². The summed E-state index contributed by atoms with van der Waals surface area (Å²) in [5.41, 5.74) is 3.88. The number of carbonyl (C=O) groups excluding carboxylic acids is 1. The van der Waals surface area contributed by atoms with Crippen LogP contribution in [0.4, 0.5) is 5.13 Å². The van der Waals surface area contributed by atoms with Crippen LogP contribution in [0.15, 0.2) is 42.5 Å². The molecule has 28 heavy (non-hydrogen) atoms. The van der Waals surface area contributed by atoms with Gasteiger partial charge in [-0.25, -0.2) is 0 Å². The maximum atomic E-state index is 12.8. The SMILES string of the molecule is CC(C)c1ccc(-c2nnc(NC(=O)c3cccc4c3OC(C)C4C)s2)cc1. The highest BCUT2D eigenvalue weighted by Crippen LogP contribution is 2.40. The van der Waals surface area contributed by atoms with E-state index in [0.717, 1.165) is 16.1 Å². The molecule has 3 aromatic rings. The molecule has 5 nitrogen and oxygen atoms in total. The Kier molecular flexibility index (Phi) is 4.89. The molecule has 2 aromatic carbocycles. The van der Waals surface area contributed by atoms with Crippen molar-refractivity contribution >= 4 is 22.4 Å². The summed E-state index contributed by atoms with van der Waals surface area (Å²) < 4.78 is 5.92. The van der Waals surface area contributed by atoms with Crippen molar-refractivity contribution in [3.63, 3.8) is 0 Å². The number of para-hydroxylation sites is 1. The highest BCUT2D eigenvalue weighted by Gasteiger charge is 2.31. The number of aromatic nitrogens is 2. The predicted molar refractivity (Wildman–Crippen MR) is 112 cm³/mol. The molecule has 1 aromatic heterocycles. The standard InChI is InChI=1S/C22H23N3O2S/c1-12(2)15-8-10-16(11-9-15)21-24-25-22(28-21)23-20(26)18-7-5-6-17-13(3)14(4)27-19(17)18/h5-14H,1-4H3,(H,23,25,26). The van der Waals surface area contributed by atoms with Crippen LogP contribution >= 0.6 is 11.3 Å². The summed E-state index contributed by atoms with van der Waals surface area (Å²) in [6, 6.07) is 14.0. The number of anilines is 1. The lowest BCUT2D eigenvalue weighted by Gasteiger charge is -2.08. The molecule has 6 heteroatoms. The lowest BCUT2D eigenvalue weighted by molar-refractivity contribution is 0.102. The molecule has 2 heterocycles. The average Bonchev–Trinajstić information content (AvgIpc) is 3.26. The summed E-state index contributed by atoms with van der Waals surface area (Å²) in [6.45, 7) is 8.46. The molecule has 2 unspecified atom stereocenters. The molecule has 4 rings (SSSR count). The largest absolute Gasteiger partial charge is 0.489 e. The molecule has 0 saturated carbocycles. The maximum absolute atomic E-state index is 12.8. The minimum atomic E-state index is -0.226. The molecule has 0 radical (unpaired) electrons. The minimum Gasteiger partial charge on any atom is -0.489 e. The third-order valence-corrected chi connectivity index (χ3v) is 6.15. The van der Waals surface area contributed by atoms with Crippen LogP contribution in [0, 0.1) is 0 Å². The van der Waals surface area contributed by atoms with E-state index in [4.69, 9.17) is 4.74 Å². The second-order valence-electron chi connectivity index (χ2n) is 7.48. The Morgan fingerprint density at radius 1 is 1.11 bits per heavy atom. The summed E-state index contributed by atoms with van der Waals surface area (Å²) in [4.78, 5) is 12.8. The molecule has 1 aliphatic heterocycles.